The number of rotatable bonds is 6. The maximum Gasteiger partial charge on any atom is 0.328 e. The molecule has 1 saturated carbocycles. The van der Waals surface area contributed by atoms with E-state index in [1.54, 1.807) is 6.08 Å². The summed E-state index contributed by atoms with van der Waals surface area (Å²) < 4.78 is 14.5. The van der Waals surface area contributed by atoms with E-state index in [1.807, 2.05) is 48.5 Å². The highest BCUT2D eigenvalue weighted by Crippen LogP contribution is 2.49. The molecule has 166 valence electrons. The number of fused-ring (bicyclic) bond motifs is 1. The van der Waals surface area contributed by atoms with E-state index in [0.29, 0.717) is 11.5 Å². The van der Waals surface area contributed by atoms with Crippen molar-refractivity contribution < 1.29 is 14.3 Å². The number of hydrazine groups is 1. The lowest BCUT2D eigenvalue weighted by molar-refractivity contribution is -0.131. The van der Waals surface area contributed by atoms with Crippen LogP contribution in [-0.2, 0) is 4.79 Å². The molecule has 0 saturated heterocycles. The summed E-state index contributed by atoms with van der Waals surface area (Å²) in [6, 6.07) is 22.2. The van der Waals surface area contributed by atoms with E-state index in [1.165, 1.54) is 16.7 Å². The van der Waals surface area contributed by atoms with Crippen molar-refractivity contribution in [2.24, 2.45) is 5.92 Å². The number of anilines is 1. The number of nitrogens with one attached hydrogen (secondary N) is 2. The number of hydrogen-bond donors (Lipinski definition) is 3. The van der Waals surface area contributed by atoms with Gasteiger partial charge in [-0.25, -0.2) is 14.6 Å². The number of carbonyl (C=O) groups is 1. The molecule has 1 fully saturated rings. The normalized spacial score (nSPS) is 18.1. The molecule has 3 aromatic rings. The zero-order valence-corrected chi connectivity index (χ0v) is 18.3. The molecule has 3 N–H and O–H groups in total. The Morgan fingerprint density at radius 1 is 1.03 bits per heavy atom. The molecule has 3 aromatic carbocycles. The van der Waals surface area contributed by atoms with Gasteiger partial charge in [0.25, 0.3) is 0 Å². The van der Waals surface area contributed by atoms with Crippen LogP contribution in [0, 0.1) is 12.8 Å². The number of carboxylic acid groups (broad SMARTS) is 1. The molecule has 2 aliphatic rings. The molecular formula is C28H25FN2O2. The molecule has 5 rings (SSSR count). The number of aryl methyl sites for hydroxylation is 1. The van der Waals surface area contributed by atoms with Gasteiger partial charge in [-0.1, -0.05) is 54.6 Å². The molecule has 0 bridgehead atoms. The van der Waals surface area contributed by atoms with Gasteiger partial charge in [-0.15, -0.1) is 0 Å². The van der Waals surface area contributed by atoms with Crippen molar-refractivity contribution in [3.63, 3.8) is 0 Å². The molecule has 5 heteroatoms. The van der Waals surface area contributed by atoms with Gasteiger partial charge in [0.05, 0.1) is 5.69 Å². The Balaban J connectivity index is 1.71. The topological polar surface area (TPSA) is 61.4 Å². The lowest BCUT2D eigenvalue weighted by Gasteiger charge is -2.19. The fourth-order valence-corrected chi connectivity index (χ4v) is 4.47. The maximum atomic E-state index is 14.5. The second kappa shape index (κ2) is 8.68. The van der Waals surface area contributed by atoms with Crippen LogP contribution < -0.4 is 10.9 Å². The number of hydrogen-bond acceptors (Lipinski definition) is 3. The van der Waals surface area contributed by atoms with Crippen molar-refractivity contribution >= 4 is 28.9 Å². The number of allylic oxidation sites excluding steroid dienone is 1. The predicted molar refractivity (Wildman–Crippen MR) is 130 cm³/mol. The summed E-state index contributed by atoms with van der Waals surface area (Å²) in [5, 5.41) is 8.92. The molecule has 1 heterocycles. The van der Waals surface area contributed by atoms with E-state index in [4.69, 9.17) is 5.11 Å². The highest BCUT2D eigenvalue weighted by Gasteiger charge is 2.32. The van der Waals surface area contributed by atoms with Crippen molar-refractivity contribution in [1.29, 1.82) is 0 Å². The zero-order chi connectivity index (χ0) is 22.9. The van der Waals surface area contributed by atoms with Crippen LogP contribution in [0.3, 0.4) is 0 Å². The van der Waals surface area contributed by atoms with Gasteiger partial charge in [0, 0.05) is 11.6 Å². The first kappa shape index (κ1) is 21.2. The Morgan fingerprint density at radius 2 is 1.76 bits per heavy atom. The molecule has 0 spiro atoms. The molecule has 1 unspecified atom stereocenters. The van der Waals surface area contributed by atoms with Crippen LogP contribution in [0.4, 0.5) is 10.1 Å². The number of alkyl halides is 1. The largest absolute Gasteiger partial charge is 0.478 e. The van der Waals surface area contributed by atoms with E-state index in [-0.39, 0.29) is 0 Å². The van der Waals surface area contributed by atoms with Crippen molar-refractivity contribution in [3.05, 3.63) is 106 Å². The molecular weight excluding hydrogens is 415 g/mol. The summed E-state index contributed by atoms with van der Waals surface area (Å²) in [5.41, 5.74) is 14.5. The maximum absolute atomic E-state index is 14.5. The molecule has 0 amide bonds. The predicted octanol–water partition coefficient (Wildman–Crippen LogP) is 6.36. The molecule has 4 nitrogen and oxygen atoms in total. The molecule has 1 atom stereocenters. The van der Waals surface area contributed by atoms with Gasteiger partial charge in [0.15, 0.2) is 6.30 Å². The van der Waals surface area contributed by atoms with Gasteiger partial charge in [0.2, 0.25) is 0 Å². The minimum atomic E-state index is -1.26. The average molecular weight is 441 g/mol. The summed E-state index contributed by atoms with van der Waals surface area (Å²) in [4.78, 5) is 10.9. The molecule has 0 radical (unpaired) electrons. The quantitative estimate of drug-likeness (QED) is 0.237. The van der Waals surface area contributed by atoms with Gasteiger partial charge in [0.1, 0.15) is 0 Å². The highest BCUT2D eigenvalue weighted by molar-refractivity contribution is 6.01. The Labute approximate surface area is 192 Å². The van der Waals surface area contributed by atoms with Gasteiger partial charge in [-0.2, -0.15) is 0 Å². The van der Waals surface area contributed by atoms with Gasteiger partial charge >= 0.3 is 5.97 Å². The van der Waals surface area contributed by atoms with Crippen molar-refractivity contribution in [2.45, 2.75) is 26.1 Å². The third-order valence-electron chi connectivity index (χ3n) is 6.25. The number of carboxylic acids is 1. The highest BCUT2D eigenvalue weighted by atomic mass is 19.1. The third-order valence-corrected chi connectivity index (χ3v) is 6.25. The first-order valence-electron chi connectivity index (χ1n) is 11.1. The van der Waals surface area contributed by atoms with Crippen molar-refractivity contribution in [1.82, 2.24) is 5.43 Å². The third kappa shape index (κ3) is 4.32. The molecule has 1 aliphatic carbocycles. The Morgan fingerprint density at radius 3 is 2.45 bits per heavy atom. The SMILES string of the molecule is Cc1ccccc1/C(=C(\c1ccc(/C=C/C(=O)O)cc1)c1ccc2c(c1)C(F)NN2)C1CC1. The summed E-state index contributed by atoms with van der Waals surface area (Å²) in [5.74, 6) is -0.519. The Hall–Kier alpha value is -3.70. The van der Waals surface area contributed by atoms with Gasteiger partial charge in [-0.05, 0) is 82.9 Å². The number of benzene rings is 3. The molecule has 1 aliphatic heterocycles. The van der Waals surface area contributed by atoms with Crippen LogP contribution in [0.1, 0.15) is 52.5 Å². The summed E-state index contributed by atoms with van der Waals surface area (Å²) in [7, 11) is 0. The zero-order valence-electron chi connectivity index (χ0n) is 18.3. The smallest absolute Gasteiger partial charge is 0.328 e. The van der Waals surface area contributed by atoms with Gasteiger partial charge < -0.3 is 10.5 Å². The van der Waals surface area contributed by atoms with Crippen molar-refractivity contribution in [2.75, 3.05) is 5.43 Å². The van der Waals surface area contributed by atoms with E-state index >= 15 is 0 Å². The molecule has 33 heavy (non-hydrogen) atoms. The first-order chi connectivity index (χ1) is 16.0. The Bertz CT molecular complexity index is 1270. The average Bonchev–Trinajstić information content (AvgIpc) is 3.59. The monoisotopic (exact) mass is 440 g/mol. The second-order valence-electron chi connectivity index (χ2n) is 8.61. The van der Waals surface area contributed by atoms with Crippen molar-refractivity contribution in [3.8, 4) is 0 Å². The van der Waals surface area contributed by atoms with E-state index in [9.17, 15) is 9.18 Å². The lowest BCUT2D eigenvalue weighted by Crippen LogP contribution is -2.14. The fourth-order valence-electron chi connectivity index (χ4n) is 4.47. The van der Waals surface area contributed by atoms with E-state index in [0.717, 1.165) is 46.9 Å². The fraction of sp³-hybridized carbons (Fsp3) is 0.179. The van der Waals surface area contributed by atoms with Gasteiger partial charge in [-0.3, -0.25) is 0 Å². The van der Waals surface area contributed by atoms with Crippen LogP contribution in [0.5, 0.6) is 0 Å². The lowest BCUT2D eigenvalue weighted by atomic mass is 9.84. The minimum absolute atomic E-state index is 0.457. The summed E-state index contributed by atoms with van der Waals surface area (Å²) >= 11 is 0. The van der Waals surface area contributed by atoms with Crippen LogP contribution in [0.25, 0.3) is 17.2 Å². The summed E-state index contributed by atoms with van der Waals surface area (Å²) in [6.45, 7) is 2.13. The standard InChI is InChI=1S/C28H25FN2O2/c1-17-4-2-3-5-22(17)27(20-11-12-20)26(19-9-6-18(7-10-19)8-15-25(32)33)21-13-14-24-23(16-21)28(29)31-30-24/h2-10,13-16,20,28,30-31H,11-12H2,1H3,(H,32,33)/b15-8+,27-26+. The number of aliphatic carboxylic acids is 1. The number of halogens is 1. The first-order valence-corrected chi connectivity index (χ1v) is 11.1. The van der Waals surface area contributed by atoms with Crippen LogP contribution in [0.2, 0.25) is 0 Å². The van der Waals surface area contributed by atoms with Crippen LogP contribution in [-0.4, -0.2) is 11.1 Å². The minimum Gasteiger partial charge on any atom is -0.478 e. The second-order valence-corrected chi connectivity index (χ2v) is 8.61. The summed E-state index contributed by atoms with van der Waals surface area (Å²) in [6.07, 6.45) is 3.72. The van der Waals surface area contributed by atoms with Crippen LogP contribution >= 0.6 is 0 Å². The van der Waals surface area contributed by atoms with E-state index in [2.05, 4.69) is 36.0 Å². The molecule has 0 aromatic heterocycles. The van der Waals surface area contributed by atoms with Crippen LogP contribution in [0.15, 0.2) is 72.8 Å². The Kier molecular flexibility index (Phi) is 5.56. The van der Waals surface area contributed by atoms with E-state index < -0.39 is 12.3 Å².